The molecule has 0 spiro atoms. The van der Waals surface area contributed by atoms with E-state index >= 15 is 0 Å². The Morgan fingerprint density at radius 1 is 1.16 bits per heavy atom. The normalized spacial score (nSPS) is 12.1. The maximum absolute atomic E-state index is 11.6. The zero-order valence-corrected chi connectivity index (χ0v) is 13.3. The van der Waals surface area contributed by atoms with Gasteiger partial charge in [0.25, 0.3) is 0 Å². The first-order valence-corrected chi connectivity index (χ1v) is 8.48. The fourth-order valence-corrected chi connectivity index (χ4v) is 2.57. The molecule has 114 valence electrons. The lowest BCUT2D eigenvalue weighted by Crippen LogP contribution is -2.35. The van der Waals surface area contributed by atoms with Crippen LogP contribution in [0.1, 0.15) is 26.2 Å². The van der Waals surface area contributed by atoms with Crippen molar-refractivity contribution in [1.82, 2.24) is 14.5 Å². The molecule has 19 heavy (non-hydrogen) atoms. The van der Waals surface area contributed by atoms with Gasteiger partial charge >= 0.3 is 0 Å². The lowest BCUT2D eigenvalue weighted by Gasteiger charge is -2.18. The van der Waals surface area contributed by atoms with Crippen LogP contribution in [-0.2, 0) is 14.8 Å². The fourth-order valence-electron chi connectivity index (χ4n) is 1.63. The Kier molecular flexibility index (Phi) is 8.95. The van der Waals surface area contributed by atoms with E-state index in [9.17, 15) is 13.2 Å². The molecule has 0 bridgehead atoms. The molecule has 0 radical (unpaired) electrons. The molecule has 0 aliphatic heterocycles. The molecule has 0 saturated heterocycles. The van der Waals surface area contributed by atoms with Crippen molar-refractivity contribution in [1.29, 1.82) is 0 Å². The quantitative estimate of drug-likeness (QED) is 0.581. The molecular formula is C12H27N3O3S. The Morgan fingerprint density at radius 2 is 1.79 bits per heavy atom. The van der Waals surface area contributed by atoms with Crippen LogP contribution in [0, 0.1) is 0 Å². The zero-order valence-electron chi connectivity index (χ0n) is 12.5. The first kappa shape index (κ1) is 18.3. The Morgan fingerprint density at radius 3 is 2.26 bits per heavy atom. The van der Waals surface area contributed by atoms with E-state index in [1.165, 1.54) is 10.6 Å². The number of hydrogen-bond donors (Lipinski definition) is 1. The molecule has 7 heteroatoms. The van der Waals surface area contributed by atoms with E-state index in [4.69, 9.17) is 0 Å². The lowest BCUT2D eigenvalue weighted by atomic mass is 10.3. The molecule has 1 N–H and O–H groups in total. The third-order valence-electron chi connectivity index (χ3n) is 2.63. The highest BCUT2D eigenvalue weighted by Crippen LogP contribution is 2.01. The van der Waals surface area contributed by atoms with Crippen molar-refractivity contribution in [3.8, 4) is 0 Å². The summed E-state index contributed by atoms with van der Waals surface area (Å²) >= 11 is 0. The van der Waals surface area contributed by atoms with Crippen LogP contribution in [-0.4, -0.2) is 70.1 Å². The highest BCUT2D eigenvalue weighted by atomic mass is 32.2. The van der Waals surface area contributed by atoms with E-state index < -0.39 is 10.0 Å². The van der Waals surface area contributed by atoms with Gasteiger partial charge in [-0.15, -0.1) is 0 Å². The second kappa shape index (κ2) is 9.28. The lowest BCUT2D eigenvalue weighted by molar-refractivity contribution is -0.121. The van der Waals surface area contributed by atoms with E-state index in [0.29, 0.717) is 13.1 Å². The van der Waals surface area contributed by atoms with Crippen molar-refractivity contribution >= 4 is 15.9 Å². The van der Waals surface area contributed by atoms with Crippen molar-refractivity contribution in [2.45, 2.75) is 26.2 Å². The van der Waals surface area contributed by atoms with E-state index in [2.05, 4.69) is 10.2 Å². The third kappa shape index (κ3) is 9.86. The van der Waals surface area contributed by atoms with Gasteiger partial charge in [-0.2, -0.15) is 0 Å². The van der Waals surface area contributed by atoms with Gasteiger partial charge < -0.3 is 10.2 Å². The van der Waals surface area contributed by atoms with Crippen LogP contribution in [0.5, 0.6) is 0 Å². The van der Waals surface area contributed by atoms with Crippen molar-refractivity contribution in [2.75, 3.05) is 46.5 Å². The second-order valence-corrected chi connectivity index (χ2v) is 6.90. The molecule has 0 fully saturated rings. The number of sulfonamides is 1. The van der Waals surface area contributed by atoms with Gasteiger partial charge in [-0.25, -0.2) is 12.7 Å². The summed E-state index contributed by atoms with van der Waals surface area (Å²) < 4.78 is 24.3. The van der Waals surface area contributed by atoms with E-state index in [1.807, 2.05) is 21.0 Å². The standard InChI is InChI=1S/C12H27N3O3S/c1-5-9-15(19(4,17)18)11-7-12(16)13-8-6-10-14(2)3/h5-11H2,1-4H3,(H,13,16). The van der Waals surface area contributed by atoms with Crippen molar-refractivity contribution in [2.24, 2.45) is 0 Å². The first-order chi connectivity index (χ1) is 8.77. The number of hydrogen-bond acceptors (Lipinski definition) is 4. The Labute approximate surface area is 117 Å². The molecule has 6 nitrogen and oxygen atoms in total. The summed E-state index contributed by atoms with van der Waals surface area (Å²) in [5, 5.41) is 2.80. The fraction of sp³-hybridized carbons (Fsp3) is 0.917. The van der Waals surface area contributed by atoms with Gasteiger partial charge in [0.15, 0.2) is 0 Å². The Balaban J connectivity index is 3.93. The number of rotatable bonds is 10. The summed E-state index contributed by atoms with van der Waals surface area (Å²) in [4.78, 5) is 13.6. The van der Waals surface area contributed by atoms with E-state index in [-0.39, 0.29) is 18.9 Å². The molecule has 0 heterocycles. The summed E-state index contributed by atoms with van der Waals surface area (Å²) in [6.45, 7) is 4.19. The molecule has 0 aromatic carbocycles. The SMILES string of the molecule is CCCN(CCC(=O)NCCCN(C)C)S(C)(=O)=O. The van der Waals surface area contributed by atoms with Gasteiger partial charge in [-0.05, 0) is 33.5 Å². The predicted octanol–water partition coefficient (Wildman–Crippen LogP) is 0.116. The first-order valence-electron chi connectivity index (χ1n) is 6.64. The molecule has 0 aliphatic rings. The number of amides is 1. The van der Waals surface area contributed by atoms with Crippen LogP contribution in [0.15, 0.2) is 0 Å². The maximum atomic E-state index is 11.6. The van der Waals surface area contributed by atoms with E-state index in [1.54, 1.807) is 0 Å². The minimum absolute atomic E-state index is 0.0940. The predicted molar refractivity (Wildman–Crippen MR) is 77.5 cm³/mol. The molecule has 1 amide bonds. The monoisotopic (exact) mass is 293 g/mol. The number of carbonyl (C=O) groups excluding carboxylic acids is 1. The van der Waals surface area contributed by atoms with Crippen LogP contribution in [0.4, 0.5) is 0 Å². The van der Waals surface area contributed by atoms with Gasteiger partial charge in [0.05, 0.1) is 6.26 Å². The van der Waals surface area contributed by atoms with Crippen LogP contribution in [0.3, 0.4) is 0 Å². The highest BCUT2D eigenvalue weighted by Gasteiger charge is 2.16. The van der Waals surface area contributed by atoms with Gasteiger partial charge in [0, 0.05) is 26.1 Å². The minimum atomic E-state index is -3.21. The van der Waals surface area contributed by atoms with Gasteiger partial charge in [0.1, 0.15) is 0 Å². The molecule has 0 aliphatic carbocycles. The minimum Gasteiger partial charge on any atom is -0.356 e. The highest BCUT2D eigenvalue weighted by molar-refractivity contribution is 7.88. The van der Waals surface area contributed by atoms with Crippen LogP contribution < -0.4 is 5.32 Å². The second-order valence-electron chi connectivity index (χ2n) is 4.92. The Hall–Kier alpha value is -0.660. The van der Waals surface area contributed by atoms with Crippen LogP contribution >= 0.6 is 0 Å². The maximum Gasteiger partial charge on any atom is 0.221 e. The van der Waals surface area contributed by atoms with Crippen molar-refractivity contribution in [3.63, 3.8) is 0 Å². The topological polar surface area (TPSA) is 69.7 Å². The van der Waals surface area contributed by atoms with Crippen molar-refractivity contribution < 1.29 is 13.2 Å². The number of nitrogens with zero attached hydrogens (tertiary/aromatic N) is 2. The summed E-state index contributed by atoms with van der Waals surface area (Å²) in [6.07, 6.45) is 3.04. The van der Waals surface area contributed by atoms with E-state index in [0.717, 1.165) is 19.4 Å². The summed E-state index contributed by atoms with van der Waals surface area (Å²) in [5.41, 5.74) is 0. The van der Waals surface area contributed by atoms with Crippen LogP contribution in [0.25, 0.3) is 0 Å². The molecular weight excluding hydrogens is 266 g/mol. The largest absolute Gasteiger partial charge is 0.356 e. The summed E-state index contributed by atoms with van der Waals surface area (Å²) in [5.74, 6) is -0.0940. The molecule has 0 saturated carbocycles. The number of nitrogens with one attached hydrogen (secondary N) is 1. The van der Waals surface area contributed by atoms with Crippen molar-refractivity contribution in [3.05, 3.63) is 0 Å². The van der Waals surface area contributed by atoms with Gasteiger partial charge in [-0.1, -0.05) is 6.92 Å². The molecule has 0 atom stereocenters. The summed E-state index contributed by atoms with van der Waals surface area (Å²) in [6, 6.07) is 0. The molecule has 0 rings (SSSR count). The number of carbonyl (C=O) groups is 1. The molecule has 0 unspecified atom stereocenters. The zero-order chi connectivity index (χ0) is 14.9. The molecule has 0 aromatic rings. The smallest absolute Gasteiger partial charge is 0.221 e. The average Bonchev–Trinajstić information content (AvgIpc) is 2.28. The third-order valence-corrected chi connectivity index (χ3v) is 3.94. The summed E-state index contributed by atoms with van der Waals surface area (Å²) in [7, 11) is 0.753. The van der Waals surface area contributed by atoms with Gasteiger partial charge in [-0.3, -0.25) is 4.79 Å². The molecule has 0 aromatic heterocycles. The van der Waals surface area contributed by atoms with Crippen LogP contribution in [0.2, 0.25) is 0 Å². The Bertz CT molecular complexity index is 355. The average molecular weight is 293 g/mol. The van der Waals surface area contributed by atoms with Gasteiger partial charge in [0.2, 0.25) is 15.9 Å².